The number of halogens is 1. The average molecular weight is 242 g/mol. The maximum atomic E-state index is 5.93. The molecule has 1 aliphatic heterocycles. The van der Waals surface area contributed by atoms with Crippen molar-refractivity contribution in [3.05, 3.63) is 17.6 Å². The molecule has 0 amide bonds. The summed E-state index contributed by atoms with van der Waals surface area (Å²) in [5.74, 6) is 1.45. The standard InChI is InChI=1S/C11H16ClN3O/c1-8-9(2)14-11(6-13-8)15-3-4-16-7-10(15)5-12/h6,10H,3-5,7H2,1-2H3. The van der Waals surface area contributed by atoms with Crippen LogP contribution in [0.5, 0.6) is 0 Å². The Morgan fingerprint density at radius 3 is 3.00 bits per heavy atom. The van der Waals surface area contributed by atoms with Gasteiger partial charge >= 0.3 is 0 Å². The highest BCUT2D eigenvalue weighted by molar-refractivity contribution is 6.18. The summed E-state index contributed by atoms with van der Waals surface area (Å²) in [6, 6.07) is 0.201. The van der Waals surface area contributed by atoms with Crippen LogP contribution in [0.1, 0.15) is 11.4 Å². The van der Waals surface area contributed by atoms with E-state index in [0.29, 0.717) is 12.5 Å². The van der Waals surface area contributed by atoms with E-state index in [4.69, 9.17) is 16.3 Å². The van der Waals surface area contributed by atoms with Gasteiger partial charge in [-0.2, -0.15) is 0 Å². The normalized spacial score (nSPS) is 21.2. The van der Waals surface area contributed by atoms with E-state index < -0.39 is 0 Å². The Morgan fingerprint density at radius 1 is 1.50 bits per heavy atom. The zero-order chi connectivity index (χ0) is 11.5. The molecule has 0 radical (unpaired) electrons. The molecule has 2 heterocycles. The number of rotatable bonds is 2. The monoisotopic (exact) mass is 241 g/mol. The van der Waals surface area contributed by atoms with Crippen LogP contribution in [0.25, 0.3) is 0 Å². The van der Waals surface area contributed by atoms with Gasteiger partial charge in [-0.05, 0) is 13.8 Å². The first-order chi connectivity index (χ1) is 7.72. The molecule has 0 spiro atoms. The molecule has 1 fully saturated rings. The van der Waals surface area contributed by atoms with Crippen LogP contribution in [0.4, 0.5) is 5.82 Å². The zero-order valence-corrected chi connectivity index (χ0v) is 10.4. The Morgan fingerprint density at radius 2 is 2.31 bits per heavy atom. The number of ether oxygens (including phenoxy) is 1. The Labute approximate surface area is 101 Å². The minimum Gasteiger partial charge on any atom is -0.377 e. The van der Waals surface area contributed by atoms with Crippen molar-refractivity contribution in [1.29, 1.82) is 0 Å². The van der Waals surface area contributed by atoms with E-state index in [9.17, 15) is 0 Å². The SMILES string of the molecule is Cc1ncc(N2CCOCC2CCl)nc1C. The van der Waals surface area contributed by atoms with Crippen LogP contribution in [-0.4, -0.2) is 41.6 Å². The third kappa shape index (κ3) is 2.28. The van der Waals surface area contributed by atoms with E-state index >= 15 is 0 Å². The van der Waals surface area contributed by atoms with Crippen LogP contribution in [0.15, 0.2) is 6.20 Å². The molecule has 1 aromatic rings. The highest BCUT2D eigenvalue weighted by Crippen LogP contribution is 2.18. The molecule has 0 N–H and O–H groups in total. The predicted octanol–water partition coefficient (Wildman–Crippen LogP) is 1.54. The van der Waals surface area contributed by atoms with Gasteiger partial charge in [-0.3, -0.25) is 4.98 Å². The minimum atomic E-state index is 0.201. The van der Waals surface area contributed by atoms with Gasteiger partial charge in [0.05, 0.1) is 36.8 Å². The van der Waals surface area contributed by atoms with Crippen molar-refractivity contribution in [2.75, 3.05) is 30.5 Å². The zero-order valence-electron chi connectivity index (χ0n) is 9.61. The van der Waals surface area contributed by atoms with Crippen molar-refractivity contribution >= 4 is 17.4 Å². The summed E-state index contributed by atoms with van der Waals surface area (Å²) in [4.78, 5) is 11.1. The quantitative estimate of drug-likeness (QED) is 0.737. The number of hydrogen-bond acceptors (Lipinski definition) is 4. The van der Waals surface area contributed by atoms with E-state index in [-0.39, 0.29) is 6.04 Å². The molecule has 1 unspecified atom stereocenters. The Bertz CT molecular complexity index is 372. The molecule has 1 aliphatic rings. The molecular weight excluding hydrogens is 226 g/mol. The fourth-order valence-corrected chi connectivity index (χ4v) is 2.01. The maximum Gasteiger partial charge on any atom is 0.147 e. The summed E-state index contributed by atoms with van der Waals surface area (Å²) in [7, 11) is 0. The smallest absolute Gasteiger partial charge is 0.147 e. The van der Waals surface area contributed by atoms with Crippen molar-refractivity contribution in [2.24, 2.45) is 0 Å². The summed E-state index contributed by atoms with van der Waals surface area (Å²) in [6.45, 7) is 6.15. The van der Waals surface area contributed by atoms with Crippen LogP contribution >= 0.6 is 11.6 Å². The Balaban J connectivity index is 2.23. The van der Waals surface area contributed by atoms with Crippen molar-refractivity contribution in [2.45, 2.75) is 19.9 Å². The summed E-state index contributed by atoms with van der Waals surface area (Å²) in [5, 5.41) is 0. The lowest BCUT2D eigenvalue weighted by atomic mass is 10.2. The number of nitrogens with zero attached hydrogens (tertiary/aromatic N) is 3. The number of hydrogen-bond donors (Lipinski definition) is 0. The van der Waals surface area contributed by atoms with E-state index in [1.807, 2.05) is 20.0 Å². The first kappa shape index (κ1) is 11.6. The van der Waals surface area contributed by atoms with Crippen LogP contribution in [0.3, 0.4) is 0 Å². The number of morpholine rings is 1. The largest absolute Gasteiger partial charge is 0.377 e. The molecule has 1 atom stereocenters. The fraction of sp³-hybridized carbons (Fsp3) is 0.636. The van der Waals surface area contributed by atoms with Gasteiger partial charge in [0.15, 0.2) is 0 Å². The molecule has 0 saturated carbocycles. The van der Waals surface area contributed by atoms with E-state index in [2.05, 4.69) is 14.9 Å². The second-order valence-corrected chi connectivity index (χ2v) is 4.28. The van der Waals surface area contributed by atoms with Gasteiger partial charge in [0, 0.05) is 12.4 Å². The van der Waals surface area contributed by atoms with Crippen molar-refractivity contribution < 1.29 is 4.74 Å². The molecule has 88 valence electrons. The van der Waals surface area contributed by atoms with Gasteiger partial charge in [0.2, 0.25) is 0 Å². The first-order valence-corrected chi connectivity index (χ1v) is 5.96. The third-order valence-electron chi connectivity index (χ3n) is 2.88. The molecule has 4 nitrogen and oxygen atoms in total. The predicted molar refractivity (Wildman–Crippen MR) is 64.2 cm³/mol. The van der Waals surface area contributed by atoms with Gasteiger partial charge in [0.25, 0.3) is 0 Å². The lowest BCUT2D eigenvalue weighted by molar-refractivity contribution is 0.0993. The average Bonchev–Trinajstić information content (AvgIpc) is 2.32. The molecule has 0 aromatic carbocycles. The molecule has 0 aliphatic carbocycles. The molecule has 16 heavy (non-hydrogen) atoms. The van der Waals surface area contributed by atoms with Gasteiger partial charge in [0.1, 0.15) is 5.82 Å². The minimum absolute atomic E-state index is 0.201. The van der Waals surface area contributed by atoms with Gasteiger partial charge in [-0.1, -0.05) is 0 Å². The third-order valence-corrected chi connectivity index (χ3v) is 3.24. The number of alkyl halides is 1. The van der Waals surface area contributed by atoms with Crippen molar-refractivity contribution in [3.8, 4) is 0 Å². The highest BCUT2D eigenvalue weighted by atomic mass is 35.5. The van der Waals surface area contributed by atoms with Crippen LogP contribution in [0, 0.1) is 13.8 Å². The first-order valence-electron chi connectivity index (χ1n) is 5.43. The Hall–Kier alpha value is -0.870. The van der Waals surface area contributed by atoms with E-state index in [0.717, 1.165) is 30.4 Å². The second-order valence-electron chi connectivity index (χ2n) is 3.98. The van der Waals surface area contributed by atoms with E-state index in [1.165, 1.54) is 0 Å². The van der Waals surface area contributed by atoms with Crippen LogP contribution in [0.2, 0.25) is 0 Å². The topological polar surface area (TPSA) is 38.2 Å². The van der Waals surface area contributed by atoms with Gasteiger partial charge < -0.3 is 9.64 Å². The van der Waals surface area contributed by atoms with E-state index in [1.54, 1.807) is 0 Å². The lowest BCUT2D eigenvalue weighted by Crippen LogP contribution is -2.47. The maximum absolute atomic E-state index is 5.93. The van der Waals surface area contributed by atoms with Crippen LogP contribution in [-0.2, 0) is 4.74 Å². The number of anilines is 1. The summed E-state index contributed by atoms with van der Waals surface area (Å²) >= 11 is 5.93. The van der Waals surface area contributed by atoms with Crippen molar-refractivity contribution in [1.82, 2.24) is 9.97 Å². The number of aromatic nitrogens is 2. The summed E-state index contributed by atoms with van der Waals surface area (Å²) < 4.78 is 5.40. The Kier molecular flexibility index (Phi) is 3.61. The van der Waals surface area contributed by atoms with Gasteiger partial charge in [-0.25, -0.2) is 4.98 Å². The summed E-state index contributed by atoms with van der Waals surface area (Å²) in [5.41, 5.74) is 1.94. The van der Waals surface area contributed by atoms with Crippen LogP contribution < -0.4 is 4.90 Å². The molecule has 1 saturated heterocycles. The number of aryl methyl sites for hydroxylation is 2. The van der Waals surface area contributed by atoms with Crippen molar-refractivity contribution in [3.63, 3.8) is 0 Å². The second kappa shape index (κ2) is 4.97. The molecule has 5 heteroatoms. The molecule has 2 rings (SSSR count). The molecular formula is C11H16ClN3O. The molecule has 1 aromatic heterocycles. The molecule has 0 bridgehead atoms. The van der Waals surface area contributed by atoms with Gasteiger partial charge in [-0.15, -0.1) is 11.6 Å². The highest BCUT2D eigenvalue weighted by Gasteiger charge is 2.23. The fourth-order valence-electron chi connectivity index (χ4n) is 1.75. The summed E-state index contributed by atoms with van der Waals surface area (Å²) in [6.07, 6.45) is 1.81. The lowest BCUT2D eigenvalue weighted by Gasteiger charge is -2.35.